The molecular weight excluding hydrogens is 340 g/mol. The van der Waals surface area contributed by atoms with Gasteiger partial charge in [0.2, 0.25) is 0 Å². The monoisotopic (exact) mass is 354 g/mol. The Kier molecular flexibility index (Phi) is 4.25. The van der Waals surface area contributed by atoms with Crippen LogP contribution in [0.1, 0.15) is 21.5 Å². The third kappa shape index (κ3) is 3.04. The number of esters is 1. The topological polar surface area (TPSA) is 26.3 Å². The van der Waals surface area contributed by atoms with Gasteiger partial charge in [0.15, 0.2) is 0 Å². The zero-order chi connectivity index (χ0) is 15.5. The molecule has 0 atom stereocenters. The maximum atomic E-state index is 11.4. The molecule has 0 heterocycles. The summed E-state index contributed by atoms with van der Waals surface area (Å²) in [6.07, 6.45) is 0.832. The summed E-state index contributed by atoms with van der Waals surface area (Å²) in [5, 5.41) is 2.44. The third-order valence-electron chi connectivity index (χ3n) is 3.68. The second-order valence-corrected chi connectivity index (χ2v) is 6.01. The van der Waals surface area contributed by atoms with Gasteiger partial charge in [0, 0.05) is 4.47 Å². The van der Waals surface area contributed by atoms with E-state index in [1.807, 2.05) is 18.2 Å². The largest absolute Gasteiger partial charge is 0.465 e. The summed E-state index contributed by atoms with van der Waals surface area (Å²) in [5.41, 5.74) is 2.98. The van der Waals surface area contributed by atoms with Crippen LogP contribution in [-0.2, 0) is 11.2 Å². The van der Waals surface area contributed by atoms with E-state index in [4.69, 9.17) is 4.74 Å². The van der Waals surface area contributed by atoms with E-state index >= 15 is 0 Å². The van der Waals surface area contributed by atoms with Crippen LogP contribution in [0.25, 0.3) is 10.8 Å². The van der Waals surface area contributed by atoms with Crippen LogP contribution in [0.2, 0.25) is 0 Å². The Hall–Kier alpha value is -2.13. The zero-order valence-electron chi connectivity index (χ0n) is 12.2. The number of ether oxygens (including phenoxy) is 1. The fourth-order valence-electron chi connectivity index (χ4n) is 2.50. The Morgan fingerprint density at radius 1 is 1.00 bits per heavy atom. The second-order valence-electron chi connectivity index (χ2n) is 5.16. The highest BCUT2D eigenvalue weighted by Crippen LogP contribution is 2.25. The van der Waals surface area contributed by atoms with Gasteiger partial charge in [-0.05, 0) is 52.6 Å². The van der Waals surface area contributed by atoms with Crippen LogP contribution >= 0.6 is 15.9 Å². The van der Waals surface area contributed by atoms with E-state index in [1.165, 1.54) is 29.0 Å². The number of fused-ring (bicyclic) bond motifs is 1. The van der Waals surface area contributed by atoms with Crippen molar-refractivity contribution in [1.29, 1.82) is 0 Å². The summed E-state index contributed by atoms with van der Waals surface area (Å²) >= 11 is 3.60. The van der Waals surface area contributed by atoms with E-state index in [9.17, 15) is 4.79 Å². The van der Waals surface area contributed by atoms with Gasteiger partial charge in [-0.2, -0.15) is 0 Å². The summed E-state index contributed by atoms with van der Waals surface area (Å²) in [5.74, 6) is -0.304. The van der Waals surface area contributed by atoms with Crippen molar-refractivity contribution in [2.75, 3.05) is 7.11 Å². The lowest BCUT2D eigenvalue weighted by atomic mass is 10.0. The number of carbonyl (C=O) groups is 1. The van der Waals surface area contributed by atoms with Gasteiger partial charge in [0.05, 0.1) is 12.7 Å². The van der Waals surface area contributed by atoms with Crippen LogP contribution in [0.3, 0.4) is 0 Å². The number of rotatable bonds is 3. The number of hydrogen-bond acceptors (Lipinski definition) is 2. The summed E-state index contributed by atoms with van der Waals surface area (Å²) < 4.78 is 5.82. The van der Waals surface area contributed by atoms with Crippen molar-refractivity contribution in [3.05, 3.63) is 81.8 Å². The highest BCUT2D eigenvalue weighted by molar-refractivity contribution is 9.10. The highest BCUT2D eigenvalue weighted by Gasteiger charge is 2.05. The highest BCUT2D eigenvalue weighted by atomic mass is 79.9. The van der Waals surface area contributed by atoms with Crippen LogP contribution in [0, 0.1) is 0 Å². The van der Waals surface area contributed by atoms with Crippen molar-refractivity contribution in [3.8, 4) is 0 Å². The molecule has 0 amide bonds. The molecule has 22 heavy (non-hydrogen) atoms. The van der Waals surface area contributed by atoms with Crippen molar-refractivity contribution in [3.63, 3.8) is 0 Å². The van der Waals surface area contributed by atoms with Gasteiger partial charge in [-0.1, -0.05) is 52.3 Å². The number of carbonyl (C=O) groups excluding carboxylic acids is 1. The van der Waals surface area contributed by atoms with Crippen molar-refractivity contribution in [1.82, 2.24) is 0 Å². The summed E-state index contributed by atoms with van der Waals surface area (Å²) in [7, 11) is 1.39. The average Bonchev–Trinajstić information content (AvgIpc) is 2.55. The summed E-state index contributed by atoms with van der Waals surface area (Å²) in [6.45, 7) is 0. The van der Waals surface area contributed by atoms with E-state index in [-0.39, 0.29) is 5.97 Å². The average molecular weight is 355 g/mol. The van der Waals surface area contributed by atoms with Crippen LogP contribution in [-0.4, -0.2) is 13.1 Å². The molecule has 0 radical (unpaired) electrons. The molecule has 0 saturated carbocycles. The molecule has 110 valence electrons. The molecule has 0 bridgehead atoms. The Labute approximate surface area is 137 Å². The predicted molar refractivity (Wildman–Crippen MR) is 92.2 cm³/mol. The van der Waals surface area contributed by atoms with Crippen LogP contribution < -0.4 is 0 Å². The minimum atomic E-state index is -0.304. The number of halogens is 1. The maximum absolute atomic E-state index is 11.4. The van der Waals surface area contributed by atoms with Crippen LogP contribution in [0.5, 0.6) is 0 Å². The molecule has 0 spiro atoms. The van der Waals surface area contributed by atoms with E-state index in [0.29, 0.717) is 5.56 Å². The Morgan fingerprint density at radius 2 is 1.73 bits per heavy atom. The maximum Gasteiger partial charge on any atom is 0.337 e. The van der Waals surface area contributed by atoms with Crippen LogP contribution in [0.15, 0.2) is 65.1 Å². The van der Waals surface area contributed by atoms with Crippen molar-refractivity contribution in [2.24, 2.45) is 0 Å². The first-order valence-electron chi connectivity index (χ1n) is 7.02. The zero-order valence-corrected chi connectivity index (χ0v) is 13.8. The molecule has 2 nitrogen and oxygen atoms in total. The Balaban J connectivity index is 1.86. The van der Waals surface area contributed by atoms with Crippen molar-refractivity contribution < 1.29 is 9.53 Å². The SMILES string of the molecule is COC(=O)c1ccc(Cc2ccc3cccc(Br)c3c2)cc1. The molecule has 0 saturated heterocycles. The fourth-order valence-corrected chi connectivity index (χ4v) is 3.00. The fraction of sp³-hybridized carbons (Fsp3) is 0.105. The molecule has 3 heteroatoms. The van der Waals surface area contributed by atoms with Gasteiger partial charge in [0.25, 0.3) is 0 Å². The van der Waals surface area contributed by atoms with Crippen molar-refractivity contribution >= 4 is 32.7 Å². The standard InChI is InChI=1S/C19H15BrO2/c1-22-19(21)16-9-5-13(6-10-16)11-14-7-8-15-3-2-4-18(20)17(15)12-14/h2-10,12H,11H2,1H3. The minimum absolute atomic E-state index is 0.304. The normalized spacial score (nSPS) is 10.6. The van der Waals surface area contributed by atoms with Gasteiger partial charge in [-0.15, -0.1) is 0 Å². The lowest BCUT2D eigenvalue weighted by molar-refractivity contribution is 0.0600. The summed E-state index contributed by atoms with van der Waals surface area (Å²) in [4.78, 5) is 11.4. The lowest BCUT2D eigenvalue weighted by Crippen LogP contribution is -2.01. The number of benzene rings is 3. The summed E-state index contributed by atoms with van der Waals surface area (Å²) in [6, 6.07) is 20.2. The van der Waals surface area contributed by atoms with E-state index in [0.717, 1.165) is 10.9 Å². The van der Waals surface area contributed by atoms with E-state index in [2.05, 4.69) is 46.3 Å². The predicted octanol–water partition coefficient (Wildman–Crippen LogP) is 4.98. The van der Waals surface area contributed by atoms with E-state index < -0.39 is 0 Å². The molecule has 3 rings (SSSR count). The molecule has 0 fully saturated rings. The van der Waals surface area contributed by atoms with Gasteiger partial charge in [-0.3, -0.25) is 0 Å². The number of hydrogen-bond donors (Lipinski definition) is 0. The molecule has 0 unspecified atom stereocenters. The molecule has 0 aliphatic rings. The minimum Gasteiger partial charge on any atom is -0.465 e. The third-order valence-corrected chi connectivity index (χ3v) is 4.37. The number of methoxy groups -OCH3 is 1. The molecule has 0 aliphatic heterocycles. The van der Waals surface area contributed by atoms with Crippen molar-refractivity contribution in [2.45, 2.75) is 6.42 Å². The van der Waals surface area contributed by atoms with Gasteiger partial charge >= 0.3 is 5.97 Å². The van der Waals surface area contributed by atoms with Gasteiger partial charge < -0.3 is 4.74 Å². The molecule has 0 N–H and O–H groups in total. The second kappa shape index (κ2) is 6.32. The molecular formula is C19H15BrO2. The van der Waals surface area contributed by atoms with Gasteiger partial charge in [0.1, 0.15) is 0 Å². The quantitative estimate of drug-likeness (QED) is 0.620. The van der Waals surface area contributed by atoms with Crippen LogP contribution in [0.4, 0.5) is 0 Å². The molecule has 0 aliphatic carbocycles. The molecule has 3 aromatic carbocycles. The first-order chi connectivity index (χ1) is 10.7. The first-order valence-corrected chi connectivity index (χ1v) is 7.81. The molecule has 0 aromatic heterocycles. The smallest absolute Gasteiger partial charge is 0.337 e. The van der Waals surface area contributed by atoms with Gasteiger partial charge in [-0.25, -0.2) is 4.79 Å². The van der Waals surface area contributed by atoms with E-state index in [1.54, 1.807) is 12.1 Å². The lowest BCUT2D eigenvalue weighted by Gasteiger charge is -2.06. The first kappa shape index (κ1) is 14.8. The Morgan fingerprint density at radius 3 is 2.45 bits per heavy atom. The Bertz CT molecular complexity index is 822. The molecule has 3 aromatic rings.